The summed E-state index contributed by atoms with van der Waals surface area (Å²) in [6.07, 6.45) is 4.00. The van der Waals surface area contributed by atoms with E-state index in [2.05, 4.69) is 44.2 Å². The van der Waals surface area contributed by atoms with Crippen LogP contribution >= 0.6 is 11.8 Å². The lowest BCUT2D eigenvalue weighted by atomic mass is 10.1. The van der Waals surface area contributed by atoms with E-state index in [9.17, 15) is 0 Å². The zero-order valence-electron chi connectivity index (χ0n) is 10.3. The summed E-state index contributed by atoms with van der Waals surface area (Å²) in [5.41, 5.74) is 1.38. The number of aryl methyl sites for hydroxylation is 1. The van der Waals surface area contributed by atoms with Gasteiger partial charge in [0.05, 0.1) is 13.4 Å². The van der Waals surface area contributed by atoms with Crippen molar-refractivity contribution in [3.05, 3.63) is 47.1 Å². The Morgan fingerprint density at radius 2 is 2.00 bits per heavy atom. The quantitative estimate of drug-likeness (QED) is 0.683. The molecule has 0 spiro atoms. The minimum atomic E-state index is 0.608. The molecule has 0 N–H and O–H groups in total. The van der Waals surface area contributed by atoms with Crippen molar-refractivity contribution < 1.29 is 4.74 Å². The molecule has 0 atom stereocenters. The molecule has 1 nitrogen and oxygen atoms in total. The third-order valence-corrected chi connectivity index (χ3v) is 3.21. The van der Waals surface area contributed by atoms with Crippen molar-refractivity contribution in [3.63, 3.8) is 0 Å². The largest absolute Gasteiger partial charge is 0.504 e. The second-order valence-corrected chi connectivity index (χ2v) is 5.67. The Morgan fingerprint density at radius 3 is 2.56 bits per heavy atom. The molecule has 0 aliphatic carbocycles. The van der Waals surface area contributed by atoms with E-state index in [1.54, 1.807) is 7.11 Å². The van der Waals surface area contributed by atoms with E-state index in [1.807, 2.05) is 18.0 Å². The topological polar surface area (TPSA) is 9.23 Å². The highest BCUT2D eigenvalue weighted by molar-refractivity contribution is 8.03. The fourth-order valence-electron chi connectivity index (χ4n) is 1.49. The first kappa shape index (κ1) is 13.2. The van der Waals surface area contributed by atoms with E-state index in [1.165, 1.54) is 10.5 Å². The summed E-state index contributed by atoms with van der Waals surface area (Å²) in [6, 6.07) is 10.6. The van der Waals surface area contributed by atoms with Crippen molar-refractivity contribution >= 4 is 11.8 Å². The molecule has 0 aliphatic heterocycles. The summed E-state index contributed by atoms with van der Waals surface area (Å²) in [5.74, 6) is 0. The average Bonchev–Trinajstić information content (AvgIpc) is 2.27. The van der Waals surface area contributed by atoms with Gasteiger partial charge < -0.3 is 4.74 Å². The fraction of sp³-hybridized carbons (Fsp3) is 0.429. The molecule has 0 unspecified atom stereocenters. The van der Waals surface area contributed by atoms with Crippen molar-refractivity contribution in [3.8, 4) is 0 Å². The predicted octanol–water partition coefficient (Wildman–Crippen LogP) is 4.25. The summed E-state index contributed by atoms with van der Waals surface area (Å²) >= 11 is 1.88. The number of hydrogen-bond acceptors (Lipinski definition) is 2. The van der Waals surface area contributed by atoms with Gasteiger partial charge in [0.1, 0.15) is 0 Å². The van der Waals surface area contributed by atoms with Crippen molar-refractivity contribution in [2.24, 2.45) is 0 Å². The second-order valence-electron chi connectivity index (χ2n) is 3.97. The molecule has 0 fully saturated rings. The molecule has 0 saturated heterocycles. The summed E-state index contributed by atoms with van der Waals surface area (Å²) < 4.78 is 5.11. The Labute approximate surface area is 103 Å². The predicted molar refractivity (Wildman–Crippen MR) is 72.6 cm³/mol. The van der Waals surface area contributed by atoms with Crippen LogP contribution in [-0.2, 0) is 11.2 Å². The lowest BCUT2D eigenvalue weighted by Gasteiger charge is -2.09. The summed E-state index contributed by atoms with van der Waals surface area (Å²) in [6.45, 7) is 4.41. The van der Waals surface area contributed by atoms with E-state index in [0.717, 1.165) is 12.8 Å². The van der Waals surface area contributed by atoms with Crippen molar-refractivity contribution in [2.45, 2.75) is 31.9 Å². The Hall–Kier alpha value is -0.890. The molecule has 0 heterocycles. The van der Waals surface area contributed by atoms with Gasteiger partial charge in [-0.3, -0.25) is 0 Å². The standard InChI is InChI=1S/C14H20OS/c1-12(2)16-14(11-15-3)10-9-13-7-5-4-6-8-13/h4-8,11-12H,9-10H2,1-3H3/b14-11+. The molecular formula is C14H20OS. The van der Waals surface area contributed by atoms with Crippen LogP contribution in [0.25, 0.3) is 0 Å². The molecule has 1 aromatic carbocycles. The molecule has 1 rings (SSSR count). The molecule has 0 bridgehead atoms. The number of methoxy groups -OCH3 is 1. The van der Waals surface area contributed by atoms with Crippen LogP contribution in [-0.4, -0.2) is 12.4 Å². The fourth-order valence-corrected chi connectivity index (χ4v) is 2.47. The molecule has 0 aliphatic rings. The molecule has 0 amide bonds. The van der Waals surface area contributed by atoms with Crippen LogP contribution in [0.5, 0.6) is 0 Å². The van der Waals surface area contributed by atoms with E-state index in [0.29, 0.717) is 5.25 Å². The normalized spacial score (nSPS) is 11.9. The van der Waals surface area contributed by atoms with Gasteiger partial charge in [0, 0.05) is 10.2 Å². The van der Waals surface area contributed by atoms with E-state index in [4.69, 9.17) is 4.74 Å². The van der Waals surface area contributed by atoms with E-state index in [-0.39, 0.29) is 0 Å². The molecule has 2 heteroatoms. The van der Waals surface area contributed by atoms with Gasteiger partial charge >= 0.3 is 0 Å². The van der Waals surface area contributed by atoms with Gasteiger partial charge in [-0.05, 0) is 18.4 Å². The summed E-state index contributed by atoms with van der Waals surface area (Å²) in [5, 5.41) is 0.608. The third kappa shape index (κ3) is 5.26. The number of thioether (sulfide) groups is 1. The molecule has 0 saturated carbocycles. The molecule has 0 radical (unpaired) electrons. The molecule has 0 aromatic heterocycles. The van der Waals surface area contributed by atoms with Crippen molar-refractivity contribution in [1.29, 1.82) is 0 Å². The Balaban J connectivity index is 2.47. The van der Waals surface area contributed by atoms with Crippen LogP contribution in [0, 0.1) is 0 Å². The average molecular weight is 236 g/mol. The minimum Gasteiger partial charge on any atom is -0.504 e. The number of benzene rings is 1. The number of allylic oxidation sites excluding steroid dienone is 1. The van der Waals surface area contributed by atoms with Gasteiger partial charge in [0.15, 0.2) is 0 Å². The van der Waals surface area contributed by atoms with E-state index < -0.39 is 0 Å². The first-order valence-electron chi connectivity index (χ1n) is 5.64. The second kappa shape index (κ2) is 7.39. The van der Waals surface area contributed by atoms with Gasteiger partial charge in [-0.1, -0.05) is 44.2 Å². The highest BCUT2D eigenvalue weighted by atomic mass is 32.2. The molecule has 16 heavy (non-hydrogen) atoms. The maximum atomic E-state index is 5.11. The van der Waals surface area contributed by atoms with Gasteiger partial charge in [-0.2, -0.15) is 0 Å². The smallest absolute Gasteiger partial charge is 0.0919 e. The van der Waals surface area contributed by atoms with Gasteiger partial charge in [0.2, 0.25) is 0 Å². The van der Waals surface area contributed by atoms with Gasteiger partial charge in [-0.25, -0.2) is 0 Å². The maximum Gasteiger partial charge on any atom is 0.0919 e. The summed E-state index contributed by atoms with van der Waals surface area (Å²) in [4.78, 5) is 1.32. The van der Waals surface area contributed by atoms with Gasteiger partial charge in [0.25, 0.3) is 0 Å². The zero-order chi connectivity index (χ0) is 11.8. The van der Waals surface area contributed by atoms with Crippen LogP contribution in [0.4, 0.5) is 0 Å². The molecule has 88 valence electrons. The van der Waals surface area contributed by atoms with Crippen molar-refractivity contribution in [1.82, 2.24) is 0 Å². The van der Waals surface area contributed by atoms with Crippen LogP contribution in [0.3, 0.4) is 0 Å². The molecule has 1 aromatic rings. The Bertz CT molecular complexity index is 317. The van der Waals surface area contributed by atoms with Crippen LogP contribution in [0.1, 0.15) is 25.8 Å². The highest BCUT2D eigenvalue weighted by Gasteiger charge is 2.03. The van der Waals surface area contributed by atoms with Crippen molar-refractivity contribution in [2.75, 3.05) is 7.11 Å². The highest BCUT2D eigenvalue weighted by Crippen LogP contribution is 2.25. The lowest BCUT2D eigenvalue weighted by Crippen LogP contribution is -1.92. The first-order chi connectivity index (χ1) is 7.72. The lowest BCUT2D eigenvalue weighted by molar-refractivity contribution is 0.335. The SMILES string of the molecule is CO/C=C(\CCc1ccccc1)SC(C)C. The number of rotatable bonds is 6. The maximum absolute atomic E-state index is 5.11. The van der Waals surface area contributed by atoms with Crippen LogP contribution < -0.4 is 0 Å². The first-order valence-corrected chi connectivity index (χ1v) is 6.52. The Kier molecular flexibility index (Phi) is 6.09. The van der Waals surface area contributed by atoms with Crippen LogP contribution in [0.2, 0.25) is 0 Å². The summed E-state index contributed by atoms with van der Waals surface area (Å²) in [7, 11) is 1.71. The van der Waals surface area contributed by atoms with Gasteiger partial charge in [-0.15, -0.1) is 11.8 Å². The third-order valence-electron chi connectivity index (χ3n) is 2.14. The monoisotopic (exact) mass is 236 g/mol. The Morgan fingerprint density at radius 1 is 1.31 bits per heavy atom. The van der Waals surface area contributed by atoms with Crippen LogP contribution in [0.15, 0.2) is 41.5 Å². The number of hydrogen-bond donors (Lipinski definition) is 0. The number of ether oxygens (including phenoxy) is 1. The minimum absolute atomic E-state index is 0.608. The zero-order valence-corrected chi connectivity index (χ0v) is 11.1. The molecular weight excluding hydrogens is 216 g/mol. The van der Waals surface area contributed by atoms with E-state index >= 15 is 0 Å².